The molecule has 6 N–H and O–H groups in total. The zero-order valence-corrected chi connectivity index (χ0v) is 20.5. The molecule has 37 heavy (non-hydrogen) atoms. The summed E-state index contributed by atoms with van der Waals surface area (Å²) < 4.78 is 69.6. The maximum absolute atomic E-state index is 13.9. The number of alkyl halides is 3. The summed E-state index contributed by atoms with van der Waals surface area (Å²) in [4.78, 5) is 16.0. The number of carboxylic acid groups (broad SMARTS) is 1. The van der Waals surface area contributed by atoms with Crippen molar-refractivity contribution in [2.24, 2.45) is 0 Å². The molecule has 4 rings (SSSR count). The van der Waals surface area contributed by atoms with Crippen molar-refractivity contribution in [1.29, 1.82) is 0 Å². The van der Waals surface area contributed by atoms with Gasteiger partial charge in [-0.1, -0.05) is 23.7 Å². The largest absolute Gasteiger partial charge is 0.465 e. The summed E-state index contributed by atoms with van der Waals surface area (Å²) in [7, 11) is -4.05. The number of halogens is 4. The molecule has 1 amide bonds. The number of sulfonamides is 1. The number of rotatable bonds is 7. The van der Waals surface area contributed by atoms with Crippen molar-refractivity contribution in [2.75, 3.05) is 24.1 Å². The van der Waals surface area contributed by atoms with Crippen molar-refractivity contribution in [3.8, 4) is 11.1 Å². The van der Waals surface area contributed by atoms with Crippen LogP contribution in [0.15, 0.2) is 41.3 Å². The number of hydrogen-bond donors (Lipinski definition) is 5. The fraction of sp³-hybridized carbons (Fsp3) is 0.286. The molecule has 2 aromatic carbocycles. The van der Waals surface area contributed by atoms with Crippen LogP contribution in [0.4, 0.5) is 35.5 Å². The van der Waals surface area contributed by atoms with Gasteiger partial charge in [0.25, 0.3) is 0 Å². The first-order valence-corrected chi connectivity index (χ1v) is 12.7. The molecule has 0 bridgehead atoms. The number of benzene rings is 2. The third-order valence-electron chi connectivity index (χ3n) is 5.74. The normalized spacial score (nSPS) is 16.2. The number of nitrogen functional groups attached to an aromatic ring is 1. The minimum atomic E-state index is -4.79. The number of aromatic amines is 1. The molecule has 0 saturated carbocycles. The molecule has 1 aliphatic heterocycles. The Hall–Kier alpha value is -3.56. The first-order valence-electron chi connectivity index (χ1n) is 10.8. The minimum Gasteiger partial charge on any atom is -0.465 e. The number of nitrogens with one attached hydrogen (secondary N) is 3. The Morgan fingerprint density at radius 1 is 1.27 bits per heavy atom. The first-order chi connectivity index (χ1) is 17.3. The van der Waals surface area contributed by atoms with Crippen LogP contribution in [0.25, 0.3) is 11.1 Å². The SMILES string of the molecule is Nc1nc(Nc2cc(Cl)c(-c3ccc(S(=O)(=O)NCC4CCCN4C(=O)O)cc3)c(C(F)(F)F)c2)n[nH]1. The molecular formula is C21H21ClF3N7O4S. The van der Waals surface area contributed by atoms with E-state index in [1.165, 1.54) is 23.1 Å². The summed E-state index contributed by atoms with van der Waals surface area (Å²) in [6.07, 6.45) is -4.79. The molecule has 1 aromatic heterocycles. The average Bonchev–Trinajstić information content (AvgIpc) is 3.46. The lowest BCUT2D eigenvalue weighted by molar-refractivity contribution is -0.137. The van der Waals surface area contributed by atoms with E-state index in [-0.39, 0.29) is 45.2 Å². The van der Waals surface area contributed by atoms with Crippen molar-refractivity contribution in [3.05, 3.63) is 47.0 Å². The highest BCUT2D eigenvalue weighted by atomic mass is 35.5. The Bertz CT molecular complexity index is 1410. The van der Waals surface area contributed by atoms with Gasteiger partial charge in [0, 0.05) is 30.4 Å². The number of nitrogens with two attached hydrogens (primary N) is 1. The summed E-state index contributed by atoms with van der Waals surface area (Å²) >= 11 is 6.24. The van der Waals surface area contributed by atoms with Crippen molar-refractivity contribution in [3.63, 3.8) is 0 Å². The summed E-state index contributed by atoms with van der Waals surface area (Å²) in [6, 6.07) is 6.32. The van der Waals surface area contributed by atoms with Gasteiger partial charge in [0.1, 0.15) is 0 Å². The lowest BCUT2D eigenvalue weighted by atomic mass is 9.98. The topological polar surface area (TPSA) is 166 Å². The van der Waals surface area contributed by atoms with E-state index >= 15 is 0 Å². The minimum absolute atomic E-state index is 0.0340. The summed E-state index contributed by atoms with van der Waals surface area (Å²) in [5.74, 6) is -0.0890. The average molecular weight is 560 g/mol. The molecule has 1 fully saturated rings. The van der Waals surface area contributed by atoms with Crippen LogP contribution in [-0.4, -0.2) is 58.8 Å². The van der Waals surface area contributed by atoms with Gasteiger partial charge in [-0.2, -0.15) is 18.2 Å². The highest BCUT2D eigenvalue weighted by molar-refractivity contribution is 7.89. The molecule has 2 heterocycles. The van der Waals surface area contributed by atoms with E-state index in [2.05, 4.69) is 25.2 Å². The molecule has 0 radical (unpaired) electrons. The fourth-order valence-corrected chi connectivity index (χ4v) is 5.45. The lowest BCUT2D eigenvalue weighted by Crippen LogP contribution is -2.42. The van der Waals surface area contributed by atoms with E-state index in [9.17, 15) is 31.5 Å². The summed E-state index contributed by atoms with van der Waals surface area (Å²) in [5, 5.41) is 17.6. The van der Waals surface area contributed by atoms with E-state index in [1.54, 1.807) is 0 Å². The zero-order chi connectivity index (χ0) is 27.0. The Labute approximate surface area is 213 Å². The third kappa shape index (κ3) is 5.89. The number of likely N-dealkylation sites (tertiary alicyclic amines) is 1. The molecule has 1 saturated heterocycles. The van der Waals surface area contributed by atoms with Gasteiger partial charge >= 0.3 is 12.3 Å². The maximum atomic E-state index is 13.9. The first kappa shape index (κ1) is 26.5. The van der Waals surface area contributed by atoms with Crippen LogP contribution in [-0.2, 0) is 16.2 Å². The highest BCUT2D eigenvalue weighted by Crippen LogP contribution is 2.43. The molecule has 1 unspecified atom stereocenters. The van der Waals surface area contributed by atoms with Crippen molar-refractivity contribution < 1.29 is 31.5 Å². The molecule has 1 atom stereocenters. The van der Waals surface area contributed by atoms with Crippen LogP contribution < -0.4 is 15.8 Å². The summed E-state index contributed by atoms with van der Waals surface area (Å²) in [6.45, 7) is 0.199. The molecule has 198 valence electrons. The molecule has 0 spiro atoms. The Morgan fingerprint density at radius 2 is 1.97 bits per heavy atom. The van der Waals surface area contributed by atoms with E-state index < -0.39 is 33.9 Å². The molecule has 1 aliphatic rings. The predicted octanol–water partition coefficient (Wildman–Crippen LogP) is 3.89. The van der Waals surface area contributed by atoms with Gasteiger partial charge in [0.05, 0.1) is 15.5 Å². The van der Waals surface area contributed by atoms with Crippen molar-refractivity contribution in [2.45, 2.75) is 30.0 Å². The number of amides is 1. The van der Waals surface area contributed by atoms with Gasteiger partial charge in [-0.3, -0.25) is 0 Å². The van der Waals surface area contributed by atoms with Crippen LogP contribution in [0, 0.1) is 0 Å². The highest BCUT2D eigenvalue weighted by Gasteiger charge is 2.36. The van der Waals surface area contributed by atoms with Gasteiger partial charge in [-0.15, -0.1) is 5.10 Å². The second-order valence-electron chi connectivity index (χ2n) is 8.20. The lowest BCUT2D eigenvalue weighted by Gasteiger charge is -2.21. The second kappa shape index (κ2) is 10.1. The number of carbonyl (C=O) groups is 1. The molecular weight excluding hydrogens is 539 g/mol. The van der Waals surface area contributed by atoms with Crippen LogP contribution in [0.2, 0.25) is 5.02 Å². The van der Waals surface area contributed by atoms with Gasteiger partial charge in [-0.05, 0) is 42.7 Å². The Balaban J connectivity index is 1.59. The molecule has 0 aliphatic carbocycles. The Morgan fingerprint density at radius 3 is 2.57 bits per heavy atom. The van der Waals surface area contributed by atoms with E-state index in [1.807, 2.05) is 0 Å². The maximum Gasteiger partial charge on any atom is 0.417 e. The molecule has 16 heteroatoms. The number of aromatic nitrogens is 3. The third-order valence-corrected chi connectivity index (χ3v) is 7.48. The van der Waals surface area contributed by atoms with Crippen LogP contribution in [0.1, 0.15) is 18.4 Å². The van der Waals surface area contributed by atoms with Crippen LogP contribution in [0.5, 0.6) is 0 Å². The van der Waals surface area contributed by atoms with E-state index in [0.29, 0.717) is 19.4 Å². The standard InChI is InChI=1S/C21H21ClF3N7O4S/c22-16-9-12(28-19-29-18(26)30-31-19)8-15(21(23,24)25)17(16)11-3-5-14(6-4-11)37(35,36)27-10-13-2-1-7-32(13)20(33)34/h3-6,8-9,13,27H,1-2,7,10H2,(H,33,34)(H4,26,28,29,30,31). The van der Waals surface area contributed by atoms with E-state index in [0.717, 1.165) is 18.2 Å². The van der Waals surface area contributed by atoms with Gasteiger partial charge < -0.3 is 21.1 Å². The summed E-state index contributed by atoms with van der Waals surface area (Å²) in [5.41, 5.74) is 4.03. The van der Waals surface area contributed by atoms with Crippen LogP contribution >= 0.6 is 11.6 Å². The van der Waals surface area contributed by atoms with Crippen LogP contribution in [0.3, 0.4) is 0 Å². The zero-order valence-electron chi connectivity index (χ0n) is 18.9. The number of anilines is 3. The number of H-pyrrole nitrogens is 1. The van der Waals surface area contributed by atoms with Crippen molar-refractivity contribution >= 4 is 45.3 Å². The number of nitrogens with zero attached hydrogens (tertiary/aromatic N) is 3. The quantitative estimate of drug-likeness (QED) is 0.291. The van der Waals surface area contributed by atoms with Crippen molar-refractivity contribution in [1.82, 2.24) is 24.8 Å². The fourth-order valence-electron chi connectivity index (χ4n) is 4.04. The number of hydrogen-bond acceptors (Lipinski definition) is 7. The monoisotopic (exact) mass is 559 g/mol. The molecule has 3 aromatic rings. The predicted molar refractivity (Wildman–Crippen MR) is 129 cm³/mol. The van der Waals surface area contributed by atoms with Gasteiger partial charge in [0.2, 0.25) is 21.9 Å². The van der Waals surface area contributed by atoms with E-state index in [4.69, 9.17) is 17.3 Å². The van der Waals surface area contributed by atoms with Gasteiger partial charge in [0.15, 0.2) is 0 Å². The second-order valence-corrected chi connectivity index (χ2v) is 10.4. The smallest absolute Gasteiger partial charge is 0.417 e. The molecule has 11 nitrogen and oxygen atoms in total. The van der Waals surface area contributed by atoms with Gasteiger partial charge in [-0.25, -0.2) is 23.0 Å². The Kier molecular flexibility index (Phi) is 7.21.